The van der Waals surface area contributed by atoms with Crippen molar-refractivity contribution in [2.45, 2.75) is 154 Å². The normalized spacial score (nSPS) is 15.3. The largest absolute Gasteiger partial charge is 0.497 e. The van der Waals surface area contributed by atoms with Crippen molar-refractivity contribution in [1.82, 2.24) is 42.1 Å². The van der Waals surface area contributed by atoms with Crippen molar-refractivity contribution in [3.05, 3.63) is 59.7 Å². The van der Waals surface area contributed by atoms with Crippen LogP contribution in [0.3, 0.4) is 0 Å². The number of guanidine groups is 2. The highest BCUT2D eigenvalue weighted by molar-refractivity contribution is 5.99. The maximum atomic E-state index is 14.4. The van der Waals surface area contributed by atoms with Crippen molar-refractivity contribution in [3.8, 4) is 11.5 Å². The van der Waals surface area contributed by atoms with Gasteiger partial charge in [0.05, 0.1) is 20.1 Å². The molecule has 0 radical (unpaired) electrons. The van der Waals surface area contributed by atoms with E-state index >= 15 is 0 Å². The number of hydrogen-bond donors (Lipinski definition) is 13. The maximum Gasteiger partial charge on any atom is 0.245 e. The number of methoxy groups -OCH3 is 1. The number of nitrogens with two attached hydrogens (primary N) is 6. The van der Waals surface area contributed by atoms with E-state index in [2.05, 4.69) is 47.2 Å². The molecule has 19 N–H and O–H groups in total. The minimum Gasteiger partial charge on any atom is -0.497 e. The standard InChI is InChI=1S/C54H84N16O12/c1-7-35(52(80)70-26-12-15-41(70)50(78)66-37(14-11-25-62-54(59)60)46(74)65-36(45(56)73)13-10-24-61-53(57)58)64-48(76)40(29-42(55)71)68-51(79)44(30(4)5)69-49(77)39(28-31-16-20-33(81-6)21-17-31)67-47(75)38(63-43(72)8-2)27-32-18-22-34(23-19-32)82-9-3/h16-23,30,35-41,44H,7-15,24-29H2,1-6H3,(H2,55,71)(H2,56,73)(H,63,72)(H,64,76)(H,65,74)(H,66,78)(H,67,75)(H,68,79)(H,69,77)(H4,57,58,61)(H4,59,60,62)/t35-,36-,37-,38+,39-,40-,41-,44-/m0/s1. The molecule has 1 aliphatic heterocycles. The lowest BCUT2D eigenvalue weighted by molar-refractivity contribution is -0.143. The van der Waals surface area contributed by atoms with Gasteiger partial charge >= 0.3 is 0 Å². The van der Waals surface area contributed by atoms with E-state index in [9.17, 15) is 47.9 Å². The van der Waals surface area contributed by atoms with Gasteiger partial charge in [0.2, 0.25) is 59.1 Å². The summed E-state index contributed by atoms with van der Waals surface area (Å²) in [6, 6.07) is 3.37. The van der Waals surface area contributed by atoms with Gasteiger partial charge < -0.3 is 86.0 Å². The number of hydrogen-bond acceptors (Lipinski definition) is 14. The molecular formula is C54H84N16O12. The molecule has 0 unspecified atom stereocenters. The number of ether oxygens (including phenoxy) is 2. The van der Waals surface area contributed by atoms with Crippen molar-refractivity contribution >= 4 is 71.0 Å². The number of rotatable bonds is 35. The van der Waals surface area contributed by atoms with E-state index in [1.54, 1.807) is 76.2 Å². The number of carbonyl (C=O) groups is 10. The molecule has 0 aliphatic carbocycles. The Morgan fingerprint density at radius 2 is 1.09 bits per heavy atom. The Labute approximate surface area is 477 Å². The summed E-state index contributed by atoms with van der Waals surface area (Å²) >= 11 is 0. The first-order chi connectivity index (χ1) is 38.9. The molecule has 1 heterocycles. The third-order valence-electron chi connectivity index (χ3n) is 13.2. The van der Waals surface area contributed by atoms with Crippen LogP contribution in [-0.4, -0.2) is 158 Å². The van der Waals surface area contributed by atoms with Crippen LogP contribution in [0.4, 0.5) is 0 Å². The number of aliphatic imine (C=N–C) groups is 2. The molecule has 452 valence electrons. The first-order valence-corrected chi connectivity index (χ1v) is 27.4. The second-order valence-corrected chi connectivity index (χ2v) is 19.9. The van der Waals surface area contributed by atoms with E-state index < -0.39 is 120 Å². The van der Waals surface area contributed by atoms with Gasteiger partial charge in [0, 0.05) is 38.9 Å². The second-order valence-electron chi connectivity index (χ2n) is 19.9. The fraction of sp³-hybridized carbons (Fsp3) is 0.556. The minimum absolute atomic E-state index is 0.00381. The van der Waals surface area contributed by atoms with Crippen LogP contribution in [0, 0.1) is 5.92 Å². The van der Waals surface area contributed by atoms with E-state index in [0.717, 1.165) is 0 Å². The Morgan fingerprint density at radius 3 is 1.59 bits per heavy atom. The summed E-state index contributed by atoms with van der Waals surface area (Å²) < 4.78 is 10.8. The van der Waals surface area contributed by atoms with Crippen LogP contribution in [0.5, 0.6) is 11.5 Å². The van der Waals surface area contributed by atoms with Gasteiger partial charge in [-0.3, -0.25) is 57.9 Å². The van der Waals surface area contributed by atoms with Crippen LogP contribution in [0.2, 0.25) is 0 Å². The molecule has 28 nitrogen and oxygen atoms in total. The van der Waals surface area contributed by atoms with Crippen LogP contribution in [-0.2, 0) is 60.8 Å². The maximum absolute atomic E-state index is 14.4. The molecule has 3 rings (SSSR count). The van der Waals surface area contributed by atoms with Crippen LogP contribution >= 0.6 is 0 Å². The zero-order valence-corrected chi connectivity index (χ0v) is 47.6. The van der Waals surface area contributed by atoms with Gasteiger partial charge in [-0.15, -0.1) is 0 Å². The fourth-order valence-electron chi connectivity index (χ4n) is 8.79. The van der Waals surface area contributed by atoms with Crippen LogP contribution in [0.1, 0.15) is 104 Å². The monoisotopic (exact) mass is 1150 g/mol. The van der Waals surface area contributed by atoms with Gasteiger partial charge in [0.15, 0.2) is 11.9 Å². The highest BCUT2D eigenvalue weighted by Gasteiger charge is 2.40. The number of carbonyl (C=O) groups excluding carboxylic acids is 10. The summed E-state index contributed by atoms with van der Waals surface area (Å²) in [5.74, 6) is -7.67. The third kappa shape index (κ3) is 22.8. The number of nitrogens with zero attached hydrogens (tertiary/aromatic N) is 3. The first kappa shape index (κ1) is 67.6. The topological polar surface area (TPSA) is 457 Å². The predicted octanol–water partition coefficient (Wildman–Crippen LogP) is -2.79. The van der Waals surface area contributed by atoms with Gasteiger partial charge in [-0.2, -0.15) is 0 Å². The zero-order valence-electron chi connectivity index (χ0n) is 47.6. The molecule has 8 atom stereocenters. The van der Waals surface area contributed by atoms with Crippen LogP contribution in [0.25, 0.3) is 0 Å². The second kappa shape index (κ2) is 34.4. The summed E-state index contributed by atoms with van der Waals surface area (Å²) in [6.45, 7) is 9.06. The van der Waals surface area contributed by atoms with Crippen LogP contribution in [0.15, 0.2) is 58.5 Å². The van der Waals surface area contributed by atoms with E-state index in [1.165, 1.54) is 12.0 Å². The molecule has 1 saturated heterocycles. The van der Waals surface area contributed by atoms with Gasteiger partial charge in [-0.1, -0.05) is 52.0 Å². The molecule has 10 amide bonds. The van der Waals surface area contributed by atoms with E-state index in [4.69, 9.17) is 43.9 Å². The van der Waals surface area contributed by atoms with Gasteiger partial charge in [0.1, 0.15) is 59.8 Å². The van der Waals surface area contributed by atoms with Crippen molar-refractivity contribution in [2.75, 3.05) is 33.4 Å². The summed E-state index contributed by atoms with van der Waals surface area (Å²) in [5, 5.41) is 18.6. The Hall–Kier alpha value is -8.72. The SMILES string of the molecule is CCOc1ccc(C[C@@H](NC(=O)CC)C(=O)N[C@@H](Cc2ccc(OC)cc2)C(=O)N[C@H](C(=O)N[C@@H](CC(N)=O)C(=O)N[C@@H](CC)C(=O)N2CCC[C@H]2C(=O)N[C@@H](CCCN=C(N)N)C(=O)N[C@@H](CCCN=C(N)N)C(N)=O)C(C)C)cc1. The summed E-state index contributed by atoms with van der Waals surface area (Å²) in [5.41, 5.74) is 34.1. The van der Waals surface area contributed by atoms with Crippen molar-refractivity contribution in [3.63, 3.8) is 0 Å². The van der Waals surface area contributed by atoms with Crippen molar-refractivity contribution in [1.29, 1.82) is 0 Å². The Bertz CT molecular complexity index is 2560. The highest BCUT2D eigenvalue weighted by Crippen LogP contribution is 2.21. The number of primary amides is 2. The van der Waals surface area contributed by atoms with Crippen molar-refractivity contribution < 1.29 is 57.4 Å². The van der Waals surface area contributed by atoms with E-state index in [-0.39, 0.29) is 89.3 Å². The Kier molecular flexibility index (Phi) is 28.4. The van der Waals surface area contributed by atoms with Gasteiger partial charge in [0.25, 0.3) is 0 Å². The Morgan fingerprint density at radius 1 is 0.598 bits per heavy atom. The predicted molar refractivity (Wildman–Crippen MR) is 305 cm³/mol. The molecule has 2 aromatic rings. The van der Waals surface area contributed by atoms with E-state index in [1.807, 2.05) is 6.92 Å². The molecule has 2 aromatic carbocycles. The quantitative estimate of drug-likeness (QED) is 0.0188. The first-order valence-electron chi connectivity index (χ1n) is 27.4. The average Bonchev–Trinajstić information content (AvgIpc) is 3.95. The van der Waals surface area contributed by atoms with Crippen molar-refractivity contribution in [2.24, 2.45) is 50.3 Å². The minimum atomic E-state index is -1.67. The molecule has 0 bridgehead atoms. The lowest BCUT2D eigenvalue weighted by atomic mass is 9.99. The number of benzene rings is 2. The summed E-state index contributed by atoms with van der Waals surface area (Å²) in [6.07, 6.45) is 0.395. The summed E-state index contributed by atoms with van der Waals surface area (Å²) in [4.78, 5) is 145. The summed E-state index contributed by atoms with van der Waals surface area (Å²) in [7, 11) is 1.49. The lowest BCUT2D eigenvalue weighted by Gasteiger charge is -2.31. The molecular weight excluding hydrogens is 1060 g/mol. The molecule has 1 aliphatic rings. The number of nitrogens with one attached hydrogen (secondary N) is 7. The molecule has 0 saturated carbocycles. The molecule has 1 fully saturated rings. The fourth-order valence-corrected chi connectivity index (χ4v) is 8.79. The average molecular weight is 1150 g/mol. The molecule has 0 spiro atoms. The smallest absolute Gasteiger partial charge is 0.245 e. The zero-order chi connectivity index (χ0) is 61.1. The van der Waals surface area contributed by atoms with Gasteiger partial charge in [-0.05, 0) is 93.2 Å². The third-order valence-corrected chi connectivity index (χ3v) is 13.2. The molecule has 28 heteroatoms. The van der Waals surface area contributed by atoms with Crippen LogP contribution < -0.4 is 81.1 Å². The number of likely N-dealkylation sites (tertiary alicyclic amines) is 1. The lowest BCUT2D eigenvalue weighted by Crippen LogP contribution is -2.61. The van der Waals surface area contributed by atoms with E-state index in [0.29, 0.717) is 35.7 Å². The Balaban J connectivity index is 1.84. The highest BCUT2D eigenvalue weighted by atomic mass is 16.5. The molecule has 82 heavy (non-hydrogen) atoms. The number of amides is 10. The molecule has 0 aromatic heterocycles. The van der Waals surface area contributed by atoms with Gasteiger partial charge in [-0.25, -0.2) is 0 Å².